The van der Waals surface area contributed by atoms with E-state index in [0.717, 1.165) is 4.90 Å². The molecule has 0 bridgehead atoms. The van der Waals surface area contributed by atoms with E-state index in [4.69, 9.17) is 23.7 Å². The van der Waals surface area contributed by atoms with E-state index in [9.17, 15) is 14.4 Å². The van der Waals surface area contributed by atoms with Gasteiger partial charge in [0.25, 0.3) is 11.7 Å². The van der Waals surface area contributed by atoms with Crippen molar-refractivity contribution >= 4 is 17.8 Å². The first-order valence-corrected chi connectivity index (χ1v) is 8.14. The third-order valence-electron chi connectivity index (χ3n) is 4.01. The molecule has 0 aromatic rings. The topological polar surface area (TPSA) is 101 Å². The van der Waals surface area contributed by atoms with Crippen molar-refractivity contribution in [1.82, 2.24) is 4.90 Å². The van der Waals surface area contributed by atoms with Gasteiger partial charge in [-0.15, -0.1) is 0 Å². The minimum Gasteiger partial charge on any atom is -0.443 e. The highest BCUT2D eigenvalue weighted by molar-refractivity contribution is 5.98. The molecule has 0 aliphatic carbocycles. The lowest BCUT2D eigenvalue weighted by Gasteiger charge is -2.43. The standard InChI is InChI=1S/C16H23NO8/c1-14(2,3)25-13(20)17-8-16(22-7-10(17)18)12(19)11-9(6-21-16)23-15(4,5)24-11/h9,11H,6-8H2,1-5H3/t9-,11-,16+/m1/s1. The number of rotatable bonds is 0. The highest BCUT2D eigenvalue weighted by Crippen LogP contribution is 2.38. The molecule has 0 N–H and O–H groups in total. The van der Waals surface area contributed by atoms with Crippen LogP contribution in [0.4, 0.5) is 4.79 Å². The van der Waals surface area contributed by atoms with Crippen LogP contribution in [0, 0.1) is 0 Å². The fourth-order valence-corrected chi connectivity index (χ4v) is 3.00. The maximum atomic E-state index is 12.9. The summed E-state index contributed by atoms with van der Waals surface area (Å²) in [6.45, 7) is 7.65. The zero-order valence-electron chi connectivity index (χ0n) is 15.0. The van der Waals surface area contributed by atoms with Gasteiger partial charge in [-0.05, 0) is 34.6 Å². The molecule has 0 saturated carbocycles. The molecule has 0 aromatic heterocycles. The largest absolute Gasteiger partial charge is 0.443 e. The number of nitrogens with zero attached hydrogens (tertiary/aromatic N) is 1. The van der Waals surface area contributed by atoms with E-state index in [-0.39, 0.29) is 13.2 Å². The summed E-state index contributed by atoms with van der Waals surface area (Å²) >= 11 is 0. The summed E-state index contributed by atoms with van der Waals surface area (Å²) in [5, 5.41) is 0. The number of hydrogen-bond acceptors (Lipinski definition) is 8. The van der Waals surface area contributed by atoms with Crippen LogP contribution in [-0.2, 0) is 33.3 Å². The molecule has 2 amide bonds. The second-order valence-corrected chi connectivity index (χ2v) is 7.77. The SMILES string of the molecule is CC(C)(C)OC(=O)N1C[C@@]2(OCC1=O)OC[C@H]1OC(C)(C)O[C@H]1C2=O. The Kier molecular flexibility index (Phi) is 4.18. The second-order valence-electron chi connectivity index (χ2n) is 7.77. The van der Waals surface area contributed by atoms with E-state index in [2.05, 4.69) is 0 Å². The van der Waals surface area contributed by atoms with Crippen LogP contribution in [0.1, 0.15) is 34.6 Å². The first kappa shape index (κ1) is 18.2. The van der Waals surface area contributed by atoms with E-state index in [0.29, 0.717) is 0 Å². The Bertz CT molecular complexity index is 610. The molecular weight excluding hydrogens is 334 g/mol. The molecule has 3 heterocycles. The van der Waals surface area contributed by atoms with Crippen LogP contribution in [0.5, 0.6) is 0 Å². The third kappa shape index (κ3) is 3.41. The Balaban J connectivity index is 1.79. The van der Waals surface area contributed by atoms with Crippen LogP contribution in [0.15, 0.2) is 0 Å². The Hall–Kier alpha value is -1.55. The van der Waals surface area contributed by atoms with Gasteiger partial charge in [0.15, 0.2) is 11.9 Å². The van der Waals surface area contributed by atoms with Gasteiger partial charge in [0, 0.05) is 0 Å². The molecule has 9 heteroatoms. The maximum absolute atomic E-state index is 12.9. The fraction of sp³-hybridized carbons (Fsp3) is 0.812. The number of hydrogen-bond donors (Lipinski definition) is 0. The van der Waals surface area contributed by atoms with E-state index in [1.165, 1.54) is 0 Å². The van der Waals surface area contributed by atoms with Crippen LogP contribution in [0.25, 0.3) is 0 Å². The smallest absolute Gasteiger partial charge is 0.417 e. The number of ether oxygens (including phenoxy) is 5. The molecule has 3 aliphatic rings. The van der Waals surface area contributed by atoms with Gasteiger partial charge >= 0.3 is 6.09 Å². The molecule has 3 aliphatic heterocycles. The number of morpholine rings is 1. The Morgan fingerprint density at radius 2 is 1.88 bits per heavy atom. The third-order valence-corrected chi connectivity index (χ3v) is 4.01. The molecule has 3 fully saturated rings. The van der Waals surface area contributed by atoms with Gasteiger partial charge in [0.2, 0.25) is 5.78 Å². The first-order chi connectivity index (χ1) is 11.4. The molecule has 25 heavy (non-hydrogen) atoms. The van der Waals surface area contributed by atoms with Crippen molar-refractivity contribution in [2.45, 2.75) is 64.0 Å². The van der Waals surface area contributed by atoms with Crippen molar-refractivity contribution in [2.75, 3.05) is 19.8 Å². The number of ketones is 1. The van der Waals surface area contributed by atoms with E-state index in [1.54, 1.807) is 34.6 Å². The minimum atomic E-state index is -1.75. The minimum absolute atomic E-state index is 0.0518. The first-order valence-electron chi connectivity index (χ1n) is 8.14. The van der Waals surface area contributed by atoms with Crippen LogP contribution in [0.3, 0.4) is 0 Å². The highest BCUT2D eigenvalue weighted by atomic mass is 16.8. The average molecular weight is 357 g/mol. The summed E-state index contributed by atoms with van der Waals surface area (Å²) in [5.41, 5.74) is -0.780. The molecule has 0 unspecified atom stereocenters. The Morgan fingerprint density at radius 1 is 1.20 bits per heavy atom. The predicted octanol–water partition coefficient (Wildman–Crippen LogP) is 0.596. The van der Waals surface area contributed by atoms with Crippen molar-refractivity contribution in [3.63, 3.8) is 0 Å². The molecule has 0 aromatic carbocycles. The number of carbonyl (C=O) groups excluding carboxylic acids is 3. The van der Waals surface area contributed by atoms with E-state index < -0.39 is 53.8 Å². The summed E-state index contributed by atoms with van der Waals surface area (Å²) in [6, 6.07) is 0. The predicted molar refractivity (Wildman–Crippen MR) is 81.4 cm³/mol. The van der Waals surface area contributed by atoms with E-state index in [1.807, 2.05) is 0 Å². The summed E-state index contributed by atoms with van der Waals surface area (Å²) in [6.07, 6.45) is -2.27. The normalized spacial score (nSPS) is 35.0. The van der Waals surface area contributed by atoms with Gasteiger partial charge in [0.05, 0.1) is 13.2 Å². The molecule has 1 spiro atoms. The highest BCUT2D eigenvalue weighted by Gasteiger charge is 2.60. The van der Waals surface area contributed by atoms with Gasteiger partial charge in [-0.3, -0.25) is 9.59 Å². The van der Waals surface area contributed by atoms with Crippen LogP contribution in [0.2, 0.25) is 0 Å². The quantitative estimate of drug-likeness (QED) is 0.621. The molecule has 140 valence electrons. The number of fused-ring (bicyclic) bond motifs is 1. The number of imide groups is 1. The van der Waals surface area contributed by atoms with Gasteiger partial charge < -0.3 is 23.7 Å². The second kappa shape index (κ2) is 5.73. The lowest BCUT2D eigenvalue weighted by atomic mass is 9.97. The van der Waals surface area contributed by atoms with E-state index >= 15 is 0 Å². The van der Waals surface area contributed by atoms with Crippen LogP contribution in [-0.4, -0.2) is 71.8 Å². The van der Waals surface area contributed by atoms with Crippen molar-refractivity contribution in [2.24, 2.45) is 0 Å². The molecule has 3 saturated heterocycles. The molecule has 3 rings (SSSR count). The Labute approximate surface area is 145 Å². The molecule has 9 nitrogen and oxygen atoms in total. The van der Waals surface area contributed by atoms with Crippen LogP contribution >= 0.6 is 0 Å². The summed E-state index contributed by atoms with van der Waals surface area (Å²) in [5.74, 6) is -3.77. The fourth-order valence-electron chi connectivity index (χ4n) is 3.00. The van der Waals surface area contributed by atoms with Gasteiger partial charge in [-0.2, -0.15) is 0 Å². The van der Waals surface area contributed by atoms with Gasteiger partial charge in [-0.1, -0.05) is 0 Å². The number of carbonyl (C=O) groups is 3. The number of amides is 2. The summed E-state index contributed by atoms with van der Waals surface area (Å²) in [7, 11) is 0. The van der Waals surface area contributed by atoms with Gasteiger partial charge in [0.1, 0.15) is 18.3 Å². The Morgan fingerprint density at radius 3 is 2.52 bits per heavy atom. The molecule has 0 radical (unpaired) electrons. The van der Waals surface area contributed by atoms with Crippen molar-refractivity contribution < 1.29 is 38.1 Å². The van der Waals surface area contributed by atoms with Crippen LogP contribution < -0.4 is 0 Å². The van der Waals surface area contributed by atoms with Crippen molar-refractivity contribution in [3.8, 4) is 0 Å². The molecular formula is C16H23NO8. The van der Waals surface area contributed by atoms with Crippen molar-refractivity contribution in [3.05, 3.63) is 0 Å². The molecule has 3 atom stereocenters. The maximum Gasteiger partial charge on any atom is 0.417 e. The zero-order chi connectivity index (χ0) is 18.6. The number of Topliss-reactive ketones (excluding diaryl/α,β-unsaturated/α-hetero) is 1. The average Bonchev–Trinajstić information content (AvgIpc) is 2.79. The zero-order valence-corrected chi connectivity index (χ0v) is 15.0. The summed E-state index contributed by atoms with van der Waals surface area (Å²) < 4.78 is 27.5. The van der Waals surface area contributed by atoms with Gasteiger partial charge in [-0.25, -0.2) is 9.69 Å². The van der Waals surface area contributed by atoms with Crippen molar-refractivity contribution in [1.29, 1.82) is 0 Å². The summed E-state index contributed by atoms with van der Waals surface area (Å²) in [4.78, 5) is 38.1. The lowest BCUT2D eigenvalue weighted by Crippen LogP contribution is -2.67. The monoisotopic (exact) mass is 357 g/mol. The lowest BCUT2D eigenvalue weighted by molar-refractivity contribution is -0.268.